The summed E-state index contributed by atoms with van der Waals surface area (Å²) < 4.78 is 2.40. The van der Waals surface area contributed by atoms with Gasteiger partial charge in [0.2, 0.25) is 0 Å². The third-order valence-corrected chi connectivity index (χ3v) is 14.1. The summed E-state index contributed by atoms with van der Waals surface area (Å²) in [6.45, 7) is 0. The lowest BCUT2D eigenvalue weighted by atomic mass is 9.98. The smallest absolute Gasteiger partial charge is 0.159 e. The molecule has 0 bridgehead atoms. The molecule has 360 valence electrons. The molecular weight excluding hydrogens is 925 g/mol. The number of nitrogens with one attached hydrogen (secondary N) is 1. The van der Waals surface area contributed by atoms with Crippen molar-refractivity contribution in [3.63, 3.8) is 0 Å². The first-order valence-electron chi connectivity index (χ1n) is 25.6. The first-order chi connectivity index (χ1) is 37.6. The highest BCUT2D eigenvalue weighted by Crippen LogP contribution is 2.43. The van der Waals surface area contributed by atoms with E-state index in [1.165, 1.54) is 0 Å². The van der Waals surface area contributed by atoms with Gasteiger partial charge in [0.25, 0.3) is 0 Å². The van der Waals surface area contributed by atoms with Crippen molar-refractivity contribution in [3.8, 4) is 61.8 Å². The minimum absolute atomic E-state index is 0.394. The molecule has 0 radical (unpaired) electrons. The first-order valence-corrected chi connectivity index (χ1v) is 25.6. The number of hydrogen-bond acceptors (Lipinski definition) is 4. The molecule has 1 N–H and O–H groups in total. The summed E-state index contributed by atoms with van der Waals surface area (Å²) in [6, 6.07) is 102. The van der Waals surface area contributed by atoms with Gasteiger partial charge in [0.1, 0.15) is 0 Å². The average Bonchev–Trinajstić information content (AvgIpc) is 3.83. The van der Waals surface area contributed by atoms with Gasteiger partial charge in [-0.05, 0) is 125 Å². The van der Waals surface area contributed by atoms with Crippen molar-refractivity contribution in [2.75, 3.05) is 9.80 Å². The molecule has 0 atom stereocenters. The van der Waals surface area contributed by atoms with E-state index in [-0.39, 0.29) is 0 Å². The van der Waals surface area contributed by atoms with E-state index >= 15 is 0 Å². The molecule has 0 amide bonds. The van der Waals surface area contributed by atoms with Crippen LogP contribution >= 0.6 is 0 Å². The minimum Gasteiger partial charge on any atom is -0.698 e. The van der Waals surface area contributed by atoms with Gasteiger partial charge in [-0.3, -0.25) is 0 Å². The van der Waals surface area contributed by atoms with Gasteiger partial charge in [0.15, 0.2) is 5.82 Å². The number of aromatic nitrogens is 3. The Morgan fingerprint density at radius 3 is 1.04 bits per heavy atom. The van der Waals surface area contributed by atoms with E-state index in [0.29, 0.717) is 17.1 Å². The lowest BCUT2D eigenvalue weighted by molar-refractivity contribution is 1.18. The van der Waals surface area contributed by atoms with E-state index in [2.05, 4.69) is 257 Å². The fourth-order valence-corrected chi connectivity index (χ4v) is 10.4. The minimum atomic E-state index is 0.394. The van der Waals surface area contributed by atoms with Gasteiger partial charge in [0.05, 0.1) is 22.4 Å². The van der Waals surface area contributed by atoms with Crippen molar-refractivity contribution >= 4 is 61.6 Å². The molecule has 0 fully saturated rings. The van der Waals surface area contributed by atoms with Crippen LogP contribution in [0.2, 0.25) is 0 Å². The quantitative estimate of drug-likeness (QED) is 0.122. The van der Waals surface area contributed by atoms with Crippen LogP contribution in [0.1, 0.15) is 0 Å². The maximum absolute atomic E-state index is 8.58. The van der Waals surface area contributed by atoms with Crippen LogP contribution in [0.5, 0.6) is 0 Å². The van der Waals surface area contributed by atoms with E-state index < -0.39 is 0 Å². The van der Waals surface area contributed by atoms with Crippen LogP contribution in [0.25, 0.3) is 89.4 Å². The molecular formula is C70H49N6-. The number of rotatable bonds is 12. The molecule has 0 saturated heterocycles. The molecule has 0 saturated carbocycles. The molecule has 0 spiro atoms. The van der Waals surface area contributed by atoms with Crippen LogP contribution in [0.3, 0.4) is 0 Å². The molecule has 0 aliphatic rings. The van der Waals surface area contributed by atoms with Crippen LogP contribution in [-0.4, -0.2) is 14.5 Å². The fraction of sp³-hybridized carbons (Fsp3) is 0. The zero-order valence-corrected chi connectivity index (χ0v) is 41.4. The molecule has 0 unspecified atom stereocenters. The second-order valence-corrected chi connectivity index (χ2v) is 18.8. The Kier molecular flexibility index (Phi) is 12.0. The molecule has 0 aliphatic carbocycles. The van der Waals surface area contributed by atoms with Crippen molar-refractivity contribution in [2.45, 2.75) is 0 Å². The second kappa shape index (κ2) is 20.0. The highest BCUT2D eigenvalue weighted by Gasteiger charge is 2.20. The molecule has 2 aromatic heterocycles. The summed E-state index contributed by atoms with van der Waals surface area (Å²) in [5, 5.41) is 2.32. The number of fused-ring (bicyclic) bond motifs is 3. The predicted molar refractivity (Wildman–Crippen MR) is 317 cm³/mol. The van der Waals surface area contributed by atoms with Crippen molar-refractivity contribution in [2.24, 2.45) is 0 Å². The lowest BCUT2D eigenvalue weighted by Gasteiger charge is -2.26. The van der Waals surface area contributed by atoms with Gasteiger partial charge in [-0.1, -0.05) is 188 Å². The topological polar surface area (TPSA) is 61.0 Å². The Labute approximate surface area is 442 Å². The van der Waals surface area contributed by atoms with Gasteiger partial charge in [-0.15, -0.1) is 5.69 Å². The molecule has 76 heavy (non-hydrogen) atoms. The van der Waals surface area contributed by atoms with E-state index in [4.69, 9.17) is 15.7 Å². The predicted octanol–water partition coefficient (Wildman–Crippen LogP) is 19.5. The van der Waals surface area contributed by atoms with E-state index in [1.807, 2.05) is 42.5 Å². The second-order valence-electron chi connectivity index (χ2n) is 18.8. The molecule has 0 aliphatic heterocycles. The fourth-order valence-electron chi connectivity index (χ4n) is 10.4. The average molecular weight is 974 g/mol. The van der Waals surface area contributed by atoms with Gasteiger partial charge < -0.3 is 20.1 Å². The monoisotopic (exact) mass is 973 g/mol. The third kappa shape index (κ3) is 8.80. The van der Waals surface area contributed by atoms with E-state index in [1.54, 1.807) is 6.07 Å². The Morgan fingerprint density at radius 2 is 0.632 bits per heavy atom. The van der Waals surface area contributed by atoms with Crippen molar-refractivity contribution in [1.29, 1.82) is 0 Å². The van der Waals surface area contributed by atoms with Gasteiger partial charge in [0, 0.05) is 67.3 Å². The molecule has 2 heterocycles. The van der Waals surface area contributed by atoms with E-state index in [9.17, 15) is 0 Å². The van der Waals surface area contributed by atoms with Crippen molar-refractivity contribution < 1.29 is 0 Å². The van der Waals surface area contributed by atoms with Crippen LogP contribution in [0, 0.1) is 0 Å². The molecule has 6 heteroatoms. The van der Waals surface area contributed by atoms with Crippen LogP contribution in [-0.2, 0) is 0 Å². The van der Waals surface area contributed by atoms with Gasteiger partial charge in [-0.25, -0.2) is 9.97 Å². The van der Waals surface area contributed by atoms with Crippen molar-refractivity contribution in [1.82, 2.24) is 14.5 Å². The zero-order chi connectivity index (χ0) is 50.8. The standard InChI is InChI=1S/C70H49N6/c71-65-29-17-16-28-62(65)70-72-66(53-18-6-1-7-19-53)48-67(73-70)54-36-34-51(35-37-54)49-30-32-50(33-31-49)52-38-40-59(41-39-52)76-68-44-42-60(74(55-20-8-2-9-21-55)56-22-10-3-11-23-56)46-63(68)64-47-61(43-45-69(64)76)75(57-24-12-4-13-25-57)58-26-14-5-15-27-58/h1-48,71H/q-1. The number of para-hydroxylation sites is 4. The Balaban J connectivity index is 0.844. The molecule has 13 rings (SSSR count). The maximum Gasteiger partial charge on any atom is 0.159 e. The largest absolute Gasteiger partial charge is 0.698 e. The summed E-state index contributed by atoms with van der Waals surface area (Å²) in [7, 11) is 0. The number of hydrogen-bond donors (Lipinski definition) is 0. The molecule has 13 aromatic rings. The Bertz CT molecular complexity index is 3910. The number of nitrogens with zero attached hydrogens (tertiary/aromatic N) is 5. The summed E-state index contributed by atoms with van der Waals surface area (Å²) in [5.74, 6) is 0.539. The SMILES string of the molecule is [NH-]c1ccccc1-c1nc(-c2ccccc2)cc(-c2ccc(-c3ccc(-c4ccc(-n5c6ccc(N(c7ccccc7)c7ccccc7)cc6c6cc(N(c7ccccc7)c7ccccc7)ccc65)cc4)cc3)cc2)n1. The highest BCUT2D eigenvalue weighted by molar-refractivity contribution is 6.12. The number of anilines is 6. The summed E-state index contributed by atoms with van der Waals surface area (Å²) in [4.78, 5) is 14.6. The van der Waals surface area contributed by atoms with Crippen LogP contribution in [0.15, 0.2) is 291 Å². The van der Waals surface area contributed by atoms with E-state index in [0.717, 1.165) is 106 Å². The molecule has 6 nitrogen and oxygen atoms in total. The molecule has 11 aromatic carbocycles. The van der Waals surface area contributed by atoms with Gasteiger partial charge >= 0.3 is 0 Å². The first kappa shape index (κ1) is 45.6. The lowest BCUT2D eigenvalue weighted by Crippen LogP contribution is -2.09. The maximum atomic E-state index is 8.58. The normalized spacial score (nSPS) is 11.2. The summed E-state index contributed by atoms with van der Waals surface area (Å²) >= 11 is 0. The van der Waals surface area contributed by atoms with Crippen molar-refractivity contribution in [3.05, 3.63) is 297 Å². The number of benzene rings is 11. The van der Waals surface area contributed by atoms with Crippen LogP contribution < -0.4 is 9.80 Å². The highest BCUT2D eigenvalue weighted by atomic mass is 15.1. The van der Waals surface area contributed by atoms with Gasteiger partial charge in [-0.2, -0.15) is 0 Å². The van der Waals surface area contributed by atoms with Crippen LogP contribution in [0.4, 0.5) is 39.8 Å². The zero-order valence-electron chi connectivity index (χ0n) is 41.4. The third-order valence-electron chi connectivity index (χ3n) is 14.1. The Morgan fingerprint density at radius 1 is 0.289 bits per heavy atom. The summed E-state index contributed by atoms with van der Waals surface area (Å²) in [6.07, 6.45) is 0. The Hall–Kier alpha value is -10.3. The summed E-state index contributed by atoms with van der Waals surface area (Å²) in [5.41, 5.74) is 27.7.